The molecule has 1 unspecified atom stereocenters. The van der Waals surface area contributed by atoms with Crippen LogP contribution in [0, 0.1) is 6.92 Å². The van der Waals surface area contributed by atoms with Crippen LogP contribution in [0.4, 0.5) is 0 Å². The lowest BCUT2D eigenvalue weighted by molar-refractivity contribution is 0.0753. The molecule has 2 aliphatic heterocycles. The number of nitrogens with zero attached hydrogens (tertiary/aromatic N) is 10. The minimum absolute atomic E-state index is 0.0897. The number of hydrogen-bond donors (Lipinski definition) is 0. The highest BCUT2D eigenvalue weighted by Gasteiger charge is 2.33. The van der Waals surface area contributed by atoms with Crippen LogP contribution in [-0.2, 0) is 26.6 Å². The lowest BCUT2D eigenvalue weighted by Gasteiger charge is -2.19. The molecule has 182 valence electrons. The van der Waals surface area contributed by atoms with Gasteiger partial charge in [-0.15, -0.1) is 10.2 Å². The molecule has 0 spiro atoms. The summed E-state index contributed by atoms with van der Waals surface area (Å²) < 4.78 is 12.1. The molecule has 35 heavy (non-hydrogen) atoms. The van der Waals surface area contributed by atoms with Gasteiger partial charge in [0.25, 0.3) is 5.91 Å². The van der Waals surface area contributed by atoms with Crippen molar-refractivity contribution >= 4 is 17.1 Å². The molecular weight excluding hydrogens is 448 g/mol. The molecule has 0 radical (unpaired) electrons. The van der Waals surface area contributed by atoms with Gasteiger partial charge in [-0.1, -0.05) is 0 Å². The molecule has 12 nitrogen and oxygen atoms in total. The van der Waals surface area contributed by atoms with E-state index < -0.39 is 0 Å². The maximum Gasteiger partial charge on any atom is 0.291 e. The van der Waals surface area contributed by atoms with Gasteiger partial charge in [0, 0.05) is 45.2 Å². The number of aryl methyl sites for hydroxylation is 3. The number of hydrogen-bond acceptors (Lipinski definition) is 8. The van der Waals surface area contributed by atoms with Gasteiger partial charge in [-0.3, -0.25) is 9.48 Å². The van der Waals surface area contributed by atoms with E-state index in [4.69, 9.17) is 9.72 Å². The van der Waals surface area contributed by atoms with Gasteiger partial charge in [-0.05, 0) is 26.7 Å². The maximum atomic E-state index is 13.2. The average Bonchev–Trinajstić information content (AvgIpc) is 3.65. The van der Waals surface area contributed by atoms with Crippen LogP contribution in [0.25, 0.3) is 22.6 Å². The first-order valence-corrected chi connectivity index (χ1v) is 12.1. The number of carbonyl (C=O) groups is 1. The summed E-state index contributed by atoms with van der Waals surface area (Å²) in [6, 6.07) is 0. The van der Waals surface area contributed by atoms with Gasteiger partial charge in [0.05, 0.1) is 18.3 Å². The predicted molar refractivity (Wildman–Crippen MR) is 126 cm³/mol. The van der Waals surface area contributed by atoms with E-state index in [1.54, 1.807) is 4.90 Å². The standard InChI is InChI=1S/C23H28N10O2/c1-4-33-14(2)16(11-26-33)19-27-18-20(30(19)3)24-13-25-22(18)35-15-8-10-31(12-15)23(34)21-29-28-17-7-5-6-9-32(17)21/h11,13,15H,4-10,12H2,1-3H3. The van der Waals surface area contributed by atoms with Crippen LogP contribution in [0.1, 0.15) is 48.3 Å². The maximum absolute atomic E-state index is 13.2. The fraction of sp³-hybridized carbons (Fsp3) is 0.522. The van der Waals surface area contributed by atoms with Crippen LogP contribution in [0.5, 0.6) is 5.88 Å². The Balaban J connectivity index is 1.23. The SMILES string of the molecule is CCn1ncc(-c2nc3c(OC4CCN(C(=O)c5nnc6n5CCCC6)C4)ncnc3n2C)c1C. The highest BCUT2D eigenvalue weighted by molar-refractivity contribution is 5.91. The highest BCUT2D eigenvalue weighted by atomic mass is 16.5. The van der Waals surface area contributed by atoms with Gasteiger partial charge in [-0.2, -0.15) is 10.1 Å². The van der Waals surface area contributed by atoms with Crippen LogP contribution < -0.4 is 4.74 Å². The first-order chi connectivity index (χ1) is 17.0. The van der Waals surface area contributed by atoms with E-state index in [9.17, 15) is 4.79 Å². The van der Waals surface area contributed by atoms with Gasteiger partial charge in [-0.25, -0.2) is 9.97 Å². The van der Waals surface area contributed by atoms with Gasteiger partial charge >= 0.3 is 0 Å². The Hall–Kier alpha value is -3.83. The highest BCUT2D eigenvalue weighted by Crippen LogP contribution is 2.30. The summed E-state index contributed by atoms with van der Waals surface area (Å²) in [6.45, 7) is 6.75. The topological polar surface area (TPSA) is 122 Å². The predicted octanol–water partition coefficient (Wildman–Crippen LogP) is 1.78. The summed E-state index contributed by atoms with van der Waals surface area (Å²) in [6.07, 6.45) is 6.86. The fourth-order valence-electron chi connectivity index (χ4n) is 5.07. The van der Waals surface area contributed by atoms with Crippen molar-refractivity contribution in [2.45, 2.75) is 58.7 Å². The van der Waals surface area contributed by atoms with Crippen molar-refractivity contribution in [3.63, 3.8) is 0 Å². The molecule has 0 aromatic carbocycles. The number of aromatic nitrogens is 9. The van der Waals surface area contributed by atoms with E-state index in [-0.39, 0.29) is 12.0 Å². The Bertz CT molecular complexity index is 1420. The molecule has 0 aliphatic carbocycles. The molecule has 4 aromatic rings. The van der Waals surface area contributed by atoms with E-state index in [0.717, 1.165) is 55.3 Å². The minimum Gasteiger partial charge on any atom is -0.471 e. The molecule has 0 bridgehead atoms. The van der Waals surface area contributed by atoms with Crippen LogP contribution >= 0.6 is 0 Å². The summed E-state index contributed by atoms with van der Waals surface area (Å²) in [5.41, 5.74) is 3.29. The number of rotatable bonds is 5. The van der Waals surface area contributed by atoms with Gasteiger partial charge < -0.3 is 18.8 Å². The summed E-state index contributed by atoms with van der Waals surface area (Å²) in [5, 5.41) is 12.9. The number of imidazole rings is 1. The molecule has 0 N–H and O–H groups in total. The molecule has 12 heteroatoms. The van der Waals surface area contributed by atoms with Crippen LogP contribution in [0.3, 0.4) is 0 Å². The molecule has 1 amide bonds. The third-order valence-corrected chi connectivity index (χ3v) is 7.03. The molecule has 2 aliphatic rings. The first-order valence-electron chi connectivity index (χ1n) is 12.1. The fourth-order valence-corrected chi connectivity index (χ4v) is 5.07. The molecule has 1 fully saturated rings. The Morgan fingerprint density at radius 3 is 2.91 bits per heavy atom. The van der Waals surface area contributed by atoms with Gasteiger partial charge in [0.1, 0.15) is 24.1 Å². The minimum atomic E-state index is -0.184. The first kappa shape index (κ1) is 21.7. The molecule has 4 aromatic heterocycles. The van der Waals surface area contributed by atoms with Crippen molar-refractivity contribution < 1.29 is 9.53 Å². The smallest absolute Gasteiger partial charge is 0.291 e. The van der Waals surface area contributed by atoms with Crippen LogP contribution in [0.2, 0.25) is 0 Å². The second kappa shape index (κ2) is 8.43. The Kier molecular flexibility index (Phi) is 5.23. The lowest BCUT2D eigenvalue weighted by Crippen LogP contribution is -2.33. The van der Waals surface area contributed by atoms with Crippen molar-refractivity contribution in [3.8, 4) is 17.3 Å². The summed E-state index contributed by atoms with van der Waals surface area (Å²) in [7, 11) is 1.93. The van der Waals surface area contributed by atoms with E-state index in [1.165, 1.54) is 6.33 Å². The van der Waals surface area contributed by atoms with Crippen molar-refractivity contribution in [2.24, 2.45) is 7.05 Å². The number of ether oxygens (including phenoxy) is 1. The third kappa shape index (κ3) is 3.55. The Morgan fingerprint density at radius 2 is 2.09 bits per heavy atom. The third-order valence-electron chi connectivity index (χ3n) is 7.03. The van der Waals surface area contributed by atoms with Crippen LogP contribution in [0.15, 0.2) is 12.5 Å². The molecule has 6 rings (SSSR count). The second-order valence-corrected chi connectivity index (χ2v) is 9.13. The van der Waals surface area contributed by atoms with Crippen LogP contribution in [-0.4, -0.2) is 74.1 Å². The van der Waals surface area contributed by atoms with Gasteiger partial charge in [0.2, 0.25) is 11.7 Å². The number of fused-ring (bicyclic) bond motifs is 2. The monoisotopic (exact) mass is 476 g/mol. The van der Waals surface area contributed by atoms with E-state index in [2.05, 4.69) is 32.2 Å². The Morgan fingerprint density at radius 1 is 1.20 bits per heavy atom. The quantitative estimate of drug-likeness (QED) is 0.427. The normalized spacial score (nSPS) is 17.8. The summed E-state index contributed by atoms with van der Waals surface area (Å²) in [5.74, 6) is 2.44. The van der Waals surface area contributed by atoms with Crippen molar-refractivity contribution in [3.05, 3.63) is 29.9 Å². The zero-order chi connectivity index (χ0) is 24.1. The Labute approximate surface area is 202 Å². The number of likely N-dealkylation sites (tertiary alicyclic amines) is 1. The molecule has 1 saturated heterocycles. The molecule has 0 saturated carbocycles. The molecular formula is C23H28N10O2. The van der Waals surface area contributed by atoms with Crippen molar-refractivity contribution in [2.75, 3.05) is 13.1 Å². The summed E-state index contributed by atoms with van der Waals surface area (Å²) in [4.78, 5) is 28.6. The number of amides is 1. The molecule has 6 heterocycles. The zero-order valence-electron chi connectivity index (χ0n) is 20.2. The van der Waals surface area contributed by atoms with E-state index >= 15 is 0 Å². The molecule has 1 atom stereocenters. The lowest BCUT2D eigenvalue weighted by atomic mass is 10.1. The summed E-state index contributed by atoms with van der Waals surface area (Å²) >= 11 is 0. The second-order valence-electron chi connectivity index (χ2n) is 9.13. The van der Waals surface area contributed by atoms with Gasteiger partial charge in [0.15, 0.2) is 11.2 Å². The van der Waals surface area contributed by atoms with Crippen molar-refractivity contribution in [1.82, 2.24) is 49.0 Å². The largest absolute Gasteiger partial charge is 0.471 e. The van der Waals surface area contributed by atoms with E-state index in [1.807, 2.05) is 34.0 Å². The van der Waals surface area contributed by atoms with E-state index in [0.29, 0.717) is 42.4 Å². The van der Waals surface area contributed by atoms with Crippen molar-refractivity contribution in [1.29, 1.82) is 0 Å². The average molecular weight is 477 g/mol. The zero-order valence-corrected chi connectivity index (χ0v) is 20.2. The number of carbonyl (C=O) groups excluding carboxylic acids is 1.